The first-order valence-corrected chi connectivity index (χ1v) is 6.48. The summed E-state index contributed by atoms with van der Waals surface area (Å²) in [6.07, 6.45) is -4.93. The highest BCUT2D eigenvalue weighted by atomic mass is 16.7. The predicted octanol–water partition coefficient (Wildman–Crippen LogP) is -0.343. The van der Waals surface area contributed by atoms with Crippen molar-refractivity contribution in [2.24, 2.45) is 0 Å². The molecule has 1 saturated heterocycles. The number of benzene rings is 1. The molecule has 2 rings (SSSR count). The first-order valence-electron chi connectivity index (χ1n) is 6.48. The van der Waals surface area contributed by atoms with E-state index in [9.17, 15) is 15.3 Å². The highest BCUT2D eigenvalue weighted by molar-refractivity contribution is 5.13. The standard InChI is InChI=1S/C14H20O6/c1-18-13-10(7-15)20-14(12(17)11(13)16)19-8-9-5-3-2-4-6-9/h2-6,10-17H,7-8H2,1H3/t10-,11-,12+,13-,14+/m1/s1. The summed E-state index contributed by atoms with van der Waals surface area (Å²) in [5.74, 6) is 0. The van der Waals surface area contributed by atoms with E-state index in [2.05, 4.69) is 0 Å². The molecule has 0 saturated carbocycles. The van der Waals surface area contributed by atoms with Gasteiger partial charge < -0.3 is 29.5 Å². The Kier molecular flexibility index (Phi) is 5.47. The molecule has 0 radical (unpaired) electrons. The van der Waals surface area contributed by atoms with Gasteiger partial charge in [-0.15, -0.1) is 0 Å². The molecule has 0 spiro atoms. The molecule has 6 heteroatoms. The van der Waals surface area contributed by atoms with Crippen LogP contribution in [0.2, 0.25) is 0 Å². The maximum atomic E-state index is 9.97. The molecule has 1 aliphatic rings. The SMILES string of the molecule is CO[C@H]1[C@H](O)[C@H](O)[C@@H](OCc2ccccc2)O[C@@H]1CO. The van der Waals surface area contributed by atoms with Gasteiger partial charge in [0.15, 0.2) is 6.29 Å². The molecule has 112 valence electrons. The number of hydrogen-bond acceptors (Lipinski definition) is 6. The lowest BCUT2D eigenvalue weighted by Crippen LogP contribution is -2.59. The van der Waals surface area contributed by atoms with E-state index >= 15 is 0 Å². The van der Waals surface area contributed by atoms with Gasteiger partial charge in [-0.05, 0) is 5.56 Å². The van der Waals surface area contributed by atoms with Crippen LogP contribution in [0.3, 0.4) is 0 Å². The lowest BCUT2D eigenvalue weighted by molar-refractivity contribution is -0.307. The Morgan fingerprint density at radius 3 is 2.45 bits per heavy atom. The summed E-state index contributed by atoms with van der Waals surface area (Å²) in [5, 5.41) is 29.2. The van der Waals surface area contributed by atoms with Crippen molar-refractivity contribution in [2.75, 3.05) is 13.7 Å². The Labute approximate surface area is 117 Å². The fourth-order valence-corrected chi connectivity index (χ4v) is 2.23. The van der Waals surface area contributed by atoms with E-state index in [0.717, 1.165) is 5.56 Å². The maximum absolute atomic E-state index is 9.97. The van der Waals surface area contributed by atoms with Crippen LogP contribution in [0.15, 0.2) is 30.3 Å². The van der Waals surface area contributed by atoms with E-state index in [-0.39, 0.29) is 13.2 Å². The highest BCUT2D eigenvalue weighted by Gasteiger charge is 2.45. The van der Waals surface area contributed by atoms with Gasteiger partial charge >= 0.3 is 0 Å². The minimum atomic E-state index is -1.23. The Morgan fingerprint density at radius 2 is 1.85 bits per heavy atom. The van der Waals surface area contributed by atoms with Crippen LogP contribution in [-0.4, -0.2) is 59.7 Å². The van der Waals surface area contributed by atoms with Crippen molar-refractivity contribution in [1.82, 2.24) is 0 Å². The zero-order valence-electron chi connectivity index (χ0n) is 11.3. The molecule has 0 amide bonds. The smallest absolute Gasteiger partial charge is 0.187 e. The molecule has 0 bridgehead atoms. The van der Waals surface area contributed by atoms with E-state index < -0.39 is 30.7 Å². The molecule has 20 heavy (non-hydrogen) atoms. The summed E-state index contributed by atoms with van der Waals surface area (Å²) in [7, 11) is 1.39. The molecule has 3 N–H and O–H groups in total. The maximum Gasteiger partial charge on any atom is 0.187 e. The predicted molar refractivity (Wildman–Crippen MR) is 69.8 cm³/mol. The van der Waals surface area contributed by atoms with Gasteiger partial charge in [0.2, 0.25) is 0 Å². The molecule has 0 aliphatic carbocycles. The van der Waals surface area contributed by atoms with E-state index in [1.165, 1.54) is 7.11 Å². The van der Waals surface area contributed by atoms with Crippen LogP contribution < -0.4 is 0 Å². The minimum Gasteiger partial charge on any atom is -0.394 e. The number of methoxy groups -OCH3 is 1. The quantitative estimate of drug-likeness (QED) is 0.685. The second-order valence-electron chi connectivity index (χ2n) is 4.70. The molecular formula is C14H20O6. The minimum absolute atomic E-state index is 0.241. The van der Waals surface area contributed by atoms with Crippen LogP contribution in [-0.2, 0) is 20.8 Å². The molecule has 1 heterocycles. The van der Waals surface area contributed by atoms with Gasteiger partial charge in [-0.1, -0.05) is 30.3 Å². The van der Waals surface area contributed by atoms with Crippen LogP contribution in [0.25, 0.3) is 0 Å². The summed E-state index contributed by atoms with van der Waals surface area (Å²) in [6, 6.07) is 9.41. The fourth-order valence-electron chi connectivity index (χ4n) is 2.23. The van der Waals surface area contributed by atoms with E-state index in [1.807, 2.05) is 30.3 Å². The van der Waals surface area contributed by atoms with Gasteiger partial charge in [-0.3, -0.25) is 0 Å². The molecule has 5 atom stereocenters. The van der Waals surface area contributed by atoms with Gasteiger partial charge in [0, 0.05) is 7.11 Å². The summed E-state index contributed by atoms with van der Waals surface area (Å²) in [6.45, 7) is -0.0848. The summed E-state index contributed by atoms with van der Waals surface area (Å²) in [4.78, 5) is 0. The first-order chi connectivity index (χ1) is 9.67. The van der Waals surface area contributed by atoms with Crippen molar-refractivity contribution >= 4 is 0 Å². The molecule has 6 nitrogen and oxygen atoms in total. The average Bonchev–Trinajstić information content (AvgIpc) is 2.49. The van der Waals surface area contributed by atoms with Crippen LogP contribution in [0.4, 0.5) is 0 Å². The van der Waals surface area contributed by atoms with Gasteiger partial charge in [-0.25, -0.2) is 0 Å². The van der Waals surface area contributed by atoms with Crippen LogP contribution >= 0.6 is 0 Å². The highest BCUT2D eigenvalue weighted by Crippen LogP contribution is 2.24. The van der Waals surface area contributed by atoms with Gasteiger partial charge in [0.1, 0.15) is 24.4 Å². The molecule has 1 aliphatic heterocycles. The number of aliphatic hydroxyl groups excluding tert-OH is 3. The van der Waals surface area contributed by atoms with Crippen molar-refractivity contribution in [3.8, 4) is 0 Å². The number of ether oxygens (including phenoxy) is 3. The third kappa shape index (κ3) is 3.35. The van der Waals surface area contributed by atoms with Crippen molar-refractivity contribution < 1.29 is 29.5 Å². The number of aliphatic hydroxyl groups is 3. The van der Waals surface area contributed by atoms with Gasteiger partial charge in [-0.2, -0.15) is 0 Å². The average molecular weight is 284 g/mol. The largest absolute Gasteiger partial charge is 0.394 e. The second kappa shape index (κ2) is 7.12. The summed E-state index contributed by atoms with van der Waals surface area (Å²) >= 11 is 0. The Hall–Kier alpha value is -1.02. The molecule has 0 aromatic heterocycles. The Morgan fingerprint density at radius 1 is 1.15 bits per heavy atom. The fraction of sp³-hybridized carbons (Fsp3) is 0.571. The third-order valence-corrected chi connectivity index (χ3v) is 3.35. The number of rotatable bonds is 5. The van der Waals surface area contributed by atoms with E-state index in [4.69, 9.17) is 14.2 Å². The Balaban J connectivity index is 1.97. The molecular weight excluding hydrogens is 264 g/mol. The van der Waals surface area contributed by atoms with E-state index in [1.54, 1.807) is 0 Å². The van der Waals surface area contributed by atoms with Gasteiger partial charge in [0.25, 0.3) is 0 Å². The van der Waals surface area contributed by atoms with Crippen molar-refractivity contribution in [3.05, 3.63) is 35.9 Å². The lowest BCUT2D eigenvalue weighted by Gasteiger charge is -2.41. The number of hydrogen-bond donors (Lipinski definition) is 3. The zero-order valence-corrected chi connectivity index (χ0v) is 11.3. The topological polar surface area (TPSA) is 88.4 Å². The summed E-state index contributed by atoms with van der Waals surface area (Å²) < 4.78 is 16.0. The van der Waals surface area contributed by atoms with Crippen molar-refractivity contribution in [3.63, 3.8) is 0 Å². The van der Waals surface area contributed by atoms with E-state index in [0.29, 0.717) is 0 Å². The van der Waals surface area contributed by atoms with Gasteiger partial charge in [0.05, 0.1) is 13.2 Å². The molecule has 1 aromatic carbocycles. The van der Waals surface area contributed by atoms with Crippen LogP contribution in [0, 0.1) is 0 Å². The molecule has 1 fully saturated rings. The third-order valence-electron chi connectivity index (χ3n) is 3.35. The normalized spacial score (nSPS) is 34.1. The monoisotopic (exact) mass is 284 g/mol. The van der Waals surface area contributed by atoms with Crippen molar-refractivity contribution in [1.29, 1.82) is 0 Å². The molecule has 1 aromatic rings. The zero-order chi connectivity index (χ0) is 14.5. The first kappa shape index (κ1) is 15.4. The second-order valence-corrected chi connectivity index (χ2v) is 4.70. The lowest BCUT2D eigenvalue weighted by atomic mass is 9.99. The Bertz CT molecular complexity index is 396. The van der Waals surface area contributed by atoms with Crippen molar-refractivity contribution in [2.45, 2.75) is 37.3 Å². The van der Waals surface area contributed by atoms with Crippen LogP contribution in [0.1, 0.15) is 5.56 Å². The molecule has 0 unspecified atom stereocenters. The summed E-state index contributed by atoms with van der Waals surface area (Å²) in [5.41, 5.74) is 0.923. The van der Waals surface area contributed by atoms with Crippen LogP contribution in [0.5, 0.6) is 0 Å².